The number of hydrogen-bond donors (Lipinski definition) is 0. The van der Waals surface area contributed by atoms with Gasteiger partial charge >= 0.3 is 0 Å². The Bertz CT molecular complexity index is 1160. The van der Waals surface area contributed by atoms with E-state index in [2.05, 4.69) is 27.5 Å². The number of benzene rings is 1. The number of aryl methyl sites for hydroxylation is 2. The van der Waals surface area contributed by atoms with E-state index in [0.717, 1.165) is 11.3 Å². The van der Waals surface area contributed by atoms with Crippen molar-refractivity contribution >= 4 is 33.4 Å². The van der Waals surface area contributed by atoms with Crippen LogP contribution in [0.4, 0.5) is 0 Å². The Hall–Kier alpha value is -1.88. The van der Waals surface area contributed by atoms with Gasteiger partial charge in [-0.15, -0.1) is 11.3 Å². The van der Waals surface area contributed by atoms with Crippen LogP contribution < -0.4 is 0 Å². The van der Waals surface area contributed by atoms with Crippen molar-refractivity contribution in [2.45, 2.75) is 39.5 Å². The fourth-order valence-electron chi connectivity index (χ4n) is 3.69. The quantitative estimate of drug-likeness (QED) is 0.539. The summed E-state index contributed by atoms with van der Waals surface area (Å²) < 4.78 is 27.9. The lowest BCUT2D eigenvalue weighted by Crippen LogP contribution is -2.37. The number of aromatic nitrogens is 4. The molecule has 3 heterocycles. The third-order valence-electron chi connectivity index (χ3n) is 5.20. The van der Waals surface area contributed by atoms with Crippen molar-refractivity contribution in [3.63, 3.8) is 0 Å². The van der Waals surface area contributed by atoms with Gasteiger partial charge in [0, 0.05) is 17.5 Å². The molecule has 10 heteroatoms. The molecule has 0 amide bonds. The van der Waals surface area contributed by atoms with Crippen LogP contribution in [0.25, 0.3) is 5.69 Å². The lowest BCUT2D eigenvalue weighted by Gasteiger charge is -2.26. The first-order valence-corrected chi connectivity index (χ1v) is 12.5. The molecule has 3 aromatic rings. The second kappa shape index (κ2) is 8.10. The summed E-state index contributed by atoms with van der Waals surface area (Å²) >= 11 is 7.31. The molecule has 1 saturated heterocycles. The molecule has 7 nitrogen and oxygen atoms in total. The lowest BCUT2D eigenvalue weighted by molar-refractivity contribution is 0.146. The van der Waals surface area contributed by atoms with E-state index in [1.54, 1.807) is 20.7 Å². The van der Waals surface area contributed by atoms with Gasteiger partial charge in [0.25, 0.3) is 0 Å². The van der Waals surface area contributed by atoms with Gasteiger partial charge in [-0.25, -0.2) is 13.1 Å². The summed E-state index contributed by atoms with van der Waals surface area (Å²) in [6.07, 6.45) is 0.631. The van der Waals surface area contributed by atoms with Crippen molar-refractivity contribution in [3.05, 3.63) is 56.5 Å². The third-order valence-corrected chi connectivity index (χ3v) is 8.19. The maximum Gasteiger partial charge on any atom is 0.221 e. The van der Waals surface area contributed by atoms with E-state index in [1.165, 1.54) is 10.4 Å². The predicted molar refractivity (Wildman–Crippen MR) is 117 cm³/mol. The topological polar surface area (TPSA) is 73.0 Å². The molecule has 4 rings (SSSR count). The molecule has 1 aliphatic rings. The Morgan fingerprint density at radius 1 is 1.28 bits per heavy atom. The molecule has 0 spiro atoms. The van der Waals surface area contributed by atoms with E-state index in [9.17, 15) is 8.42 Å². The zero-order valence-corrected chi connectivity index (χ0v) is 18.8. The SMILES string of the molecule is Cc1ccc(-n2nnn(CN(Cc3cccs3)[C@@H]3CCS(=O)(=O)C3)c2=S)c(C)c1. The van der Waals surface area contributed by atoms with Crippen molar-refractivity contribution in [2.75, 3.05) is 11.5 Å². The van der Waals surface area contributed by atoms with Crippen LogP contribution in [0, 0.1) is 18.6 Å². The van der Waals surface area contributed by atoms with Gasteiger partial charge in [-0.2, -0.15) is 4.68 Å². The first-order valence-electron chi connectivity index (χ1n) is 9.40. The molecule has 0 bridgehead atoms. The summed E-state index contributed by atoms with van der Waals surface area (Å²) in [4.78, 5) is 3.33. The van der Waals surface area contributed by atoms with Crippen LogP contribution >= 0.6 is 23.6 Å². The van der Waals surface area contributed by atoms with Crippen molar-refractivity contribution in [2.24, 2.45) is 0 Å². The maximum atomic E-state index is 12.0. The van der Waals surface area contributed by atoms with Crippen LogP contribution in [-0.2, 0) is 23.1 Å². The van der Waals surface area contributed by atoms with Crippen LogP contribution in [0.5, 0.6) is 0 Å². The monoisotopic (exact) mass is 449 g/mol. The number of thiophene rings is 1. The van der Waals surface area contributed by atoms with Gasteiger partial charge in [-0.1, -0.05) is 23.8 Å². The molecule has 2 aromatic heterocycles. The average Bonchev–Trinajstić information content (AvgIpc) is 3.37. The predicted octanol–water partition coefficient (Wildman–Crippen LogP) is 3.12. The minimum absolute atomic E-state index is 0.0461. The molecule has 1 aliphatic heterocycles. The van der Waals surface area contributed by atoms with Crippen LogP contribution in [0.15, 0.2) is 35.7 Å². The molecule has 29 heavy (non-hydrogen) atoms. The Balaban J connectivity index is 1.62. The Labute approximate surface area is 179 Å². The third kappa shape index (κ3) is 4.50. The summed E-state index contributed by atoms with van der Waals surface area (Å²) in [5.74, 6) is 0.413. The lowest BCUT2D eigenvalue weighted by atomic mass is 10.1. The molecule has 1 fully saturated rings. The summed E-state index contributed by atoms with van der Waals surface area (Å²) in [6, 6.07) is 10.1. The molecule has 0 aliphatic carbocycles. The van der Waals surface area contributed by atoms with Crippen molar-refractivity contribution < 1.29 is 8.42 Å². The maximum absolute atomic E-state index is 12.0. The molecule has 154 valence electrons. The van der Waals surface area contributed by atoms with Gasteiger partial charge in [-0.05, 0) is 66.0 Å². The van der Waals surface area contributed by atoms with Crippen LogP contribution in [0.2, 0.25) is 0 Å². The Kier molecular flexibility index (Phi) is 5.69. The van der Waals surface area contributed by atoms with Gasteiger partial charge in [0.15, 0.2) is 9.84 Å². The first-order chi connectivity index (χ1) is 13.8. The van der Waals surface area contributed by atoms with E-state index in [4.69, 9.17) is 12.2 Å². The normalized spacial score (nSPS) is 18.5. The van der Waals surface area contributed by atoms with E-state index in [1.807, 2.05) is 37.4 Å². The molecular weight excluding hydrogens is 426 g/mol. The van der Waals surface area contributed by atoms with Crippen LogP contribution in [0.3, 0.4) is 0 Å². The number of tetrazole rings is 1. The van der Waals surface area contributed by atoms with E-state index in [0.29, 0.717) is 24.4 Å². The molecule has 0 N–H and O–H groups in total. The first kappa shape index (κ1) is 20.4. The second-order valence-electron chi connectivity index (χ2n) is 7.49. The van der Waals surface area contributed by atoms with Crippen molar-refractivity contribution in [1.29, 1.82) is 0 Å². The number of nitrogens with zero attached hydrogens (tertiary/aromatic N) is 5. The standard InChI is InChI=1S/C19H23N5O2S3/c1-14-5-6-18(15(2)10-14)24-19(27)23(20-21-24)13-22(11-17-4-3-8-28-17)16-7-9-29(25,26)12-16/h3-6,8,10,16H,7,9,11-13H2,1-2H3/t16-/m1/s1. The highest BCUT2D eigenvalue weighted by molar-refractivity contribution is 7.91. The second-order valence-corrected chi connectivity index (χ2v) is 11.1. The summed E-state index contributed by atoms with van der Waals surface area (Å²) in [5, 5.41) is 10.6. The highest BCUT2D eigenvalue weighted by atomic mass is 32.2. The number of rotatable bonds is 6. The Morgan fingerprint density at radius 2 is 2.10 bits per heavy atom. The minimum atomic E-state index is -2.98. The summed E-state index contributed by atoms with van der Waals surface area (Å²) in [5.41, 5.74) is 3.15. The van der Waals surface area contributed by atoms with E-state index in [-0.39, 0.29) is 17.5 Å². The molecular formula is C19H23N5O2S3. The van der Waals surface area contributed by atoms with Crippen molar-refractivity contribution in [1.82, 2.24) is 24.7 Å². The van der Waals surface area contributed by atoms with Gasteiger partial charge in [0.2, 0.25) is 4.77 Å². The zero-order chi connectivity index (χ0) is 20.6. The van der Waals surface area contributed by atoms with E-state index < -0.39 is 9.84 Å². The van der Waals surface area contributed by atoms with Gasteiger partial charge in [0.1, 0.15) is 0 Å². The minimum Gasteiger partial charge on any atom is -0.275 e. The smallest absolute Gasteiger partial charge is 0.221 e. The molecule has 1 aromatic carbocycles. The fourth-order valence-corrected chi connectivity index (χ4v) is 6.41. The highest BCUT2D eigenvalue weighted by Gasteiger charge is 2.33. The van der Waals surface area contributed by atoms with Crippen LogP contribution in [0.1, 0.15) is 22.4 Å². The Morgan fingerprint density at radius 3 is 2.76 bits per heavy atom. The fraction of sp³-hybridized carbons (Fsp3) is 0.421. The number of hydrogen-bond acceptors (Lipinski definition) is 7. The van der Waals surface area contributed by atoms with E-state index >= 15 is 0 Å². The summed E-state index contributed by atoms with van der Waals surface area (Å²) in [6.45, 7) is 5.14. The molecule has 0 unspecified atom stereocenters. The molecule has 0 saturated carbocycles. The molecule has 1 atom stereocenters. The molecule has 0 radical (unpaired) electrons. The average molecular weight is 450 g/mol. The van der Waals surface area contributed by atoms with Crippen LogP contribution in [-0.4, -0.2) is 50.7 Å². The largest absolute Gasteiger partial charge is 0.275 e. The van der Waals surface area contributed by atoms with Gasteiger partial charge in [-0.3, -0.25) is 4.90 Å². The van der Waals surface area contributed by atoms with Crippen molar-refractivity contribution in [3.8, 4) is 5.69 Å². The number of sulfone groups is 1. The zero-order valence-electron chi connectivity index (χ0n) is 16.4. The van der Waals surface area contributed by atoms with Gasteiger partial charge in [0.05, 0.1) is 23.9 Å². The van der Waals surface area contributed by atoms with Gasteiger partial charge < -0.3 is 0 Å². The highest BCUT2D eigenvalue weighted by Crippen LogP contribution is 2.23. The summed E-state index contributed by atoms with van der Waals surface area (Å²) in [7, 11) is -2.98.